The van der Waals surface area contributed by atoms with E-state index in [0.717, 1.165) is 38.4 Å². The quantitative estimate of drug-likeness (QED) is 0.115. The Hall–Kier alpha value is -2.57. The van der Waals surface area contributed by atoms with Gasteiger partial charge in [-0.2, -0.15) is 0 Å². The Kier molecular flexibility index (Phi) is 15.3. The lowest BCUT2D eigenvalue weighted by Crippen LogP contribution is -1.99. The van der Waals surface area contributed by atoms with Gasteiger partial charge in [-0.3, -0.25) is 20.2 Å². The zero-order chi connectivity index (χ0) is 20.3. The van der Waals surface area contributed by atoms with Crippen LogP contribution in [0.1, 0.15) is 71.1 Å². The molecule has 0 amide bonds. The smallest absolute Gasteiger partial charge is 0.246 e. The van der Waals surface area contributed by atoms with E-state index in [4.69, 9.17) is 0 Å². The normalized spacial score (nSPS) is 12.8. The van der Waals surface area contributed by atoms with Crippen LogP contribution < -0.4 is 0 Å². The molecular weight excluding hydrogens is 348 g/mol. The monoisotopic (exact) mass is 378 g/mol. The molecular formula is C20H30N2O5. The van der Waals surface area contributed by atoms with Crippen molar-refractivity contribution in [2.75, 3.05) is 0 Å². The first-order chi connectivity index (χ1) is 13.0. The molecule has 0 aromatic carbocycles. The molecule has 7 nitrogen and oxygen atoms in total. The Morgan fingerprint density at radius 1 is 0.778 bits per heavy atom. The summed E-state index contributed by atoms with van der Waals surface area (Å²) < 4.78 is 0. The molecule has 0 atom stereocenters. The number of hydrogen-bond donors (Lipinski definition) is 0. The van der Waals surface area contributed by atoms with E-state index in [1.807, 2.05) is 19.1 Å². The molecule has 0 aliphatic carbocycles. The lowest BCUT2D eigenvalue weighted by molar-refractivity contribution is -0.427. The minimum absolute atomic E-state index is 0.0916. The van der Waals surface area contributed by atoms with E-state index in [0.29, 0.717) is 19.3 Å². The SMILES string of the molecule is CC/C=C\C/C=C(\C/C=C\C/C(=C\CCCCCCC=O)[N+](=O)[O-])[N+](=O)[O-]. The Labute approximate surface area is 160 Å². The van der Waals surface area contributed by atoms with Crippen molar-refractivity contribution in [1.29, 1.82) is 0 Å². The Balaban J connectivity index is 4.42. The molecule has 0 unspecified atom stereocenters. The highest BCUT2D eigenvalue weighted by Gasteiger charge is 2.09. The van der Waals surface area contributed by atoms with Crippen molar-refractivity contribution in [1.82, 2.24) is 0 Å². The van der Waals surface area contributed by atoms with E-state index >= 15 is 0 Å². The van der Waals surface area contributed by atoms with E-state index in [2.05, 4.69) is 0 Å². The van der Waals surface area contributed by atoms with Crippen molar-refractivity contribution in [2.45, 2.75) is 71.1 Å². The fourth-order valence-corrected chi connectivity index (χ4v) is 2.33. The number of carbonyl (C=O) groups excluding carboxylic acids is 1. The third kappa shape index (κ3) is 14.3. The van der Waals surface area contributed by atoms with Gasteiger partial charge in [-0.15, -0.1) is 0 Å². The summed E-state index contributed by atoms with van der Waals surface area (Å²) in [5.74, 6) is 0. The molecule has 27 heavy (non-hydrogen) atoms. The predicted molar refractivity (Wildman–Crippen MR) is 106 cm³/mol. The van der Waals surface area contributed by atoms with Crippen LogP contribution in [0.3, 0.4) is 0 Å². The Morgan fingerprint density at radius 2 is 1.33 bits per heavy atom. The summed E-state index contributed by atoms with van der Waals surface area (Å²) in [6, 6.07) is 0. The molecule has 150 valence electrons. The maximum atomic E-state index is 11.1. The van der Waals surface area contributed by atoms with Crippen molar-refractivity contribution in [3.05, 3.63) is 68.1 Å². The van der Waals surface area contributed by atoms with Gasteiger partial charge in [0.25, 0.3) is 0 Å². The van der Waals surface area contributed by atoms with Gasteiger partial charge in [-0.25, -0.2) is 0 Å². The van der Waals surface area contributed by atoms with Crippen molar-refractivity contribution in [3.63, 3.8) is 0 Å². The number of nitro groups is 2. The molecule has 0 aromatic heterocycles. The topological polar surface area (TPSA) is 103 Å². The molecule has 0 aromatic rings. The fourth-order valence-electron chi connectivity index (χ4n) is 2.33. The van der Waals surface area contributed by atoms with E-state index in [-0.39, 0.29) is 24.2 Å². The van der Waals surface area contributed by atoms with Crippen LogP contribution in [0.4, 0.5) is 0 Å². The van der Waals surface area contributed by atoms with Crippen LogP contribution >= 0.6 is 0 Å². The summed E-state index contributed by atoms with van der Waals surface area (Å²) in [6.45, 7) is 1.99. The van der Waals surface area contributed by atoms with Crippen LogP contribution in [-0.2, 0) is 4.79 Å². The lowest BCUT2D eigenvalue weighted by atomic mass is 10.1. The highest BCUT2D eigenvalue weighted by molar-refractivity contribution is 5.48. The predicted octanol–water partition coefficient (Wildman–Crippen LogP) is 5.54. The lowest BCUT2D eigenvalue weighted by Gasteiger charge is -1.98. The van der Waals surface area contributed by atoms with Crippen LogP contribution in [0.2, 0.25) is 0 Å². The molecule has 0 N–H and O–H groups in total. The van der Waals surface area contributed by atoms with Gasteiger partial charge in [0.15, 0.2) is 0 Å². The maximum absolute atomic E-state index is 11.1. The van der Waals surface area contributed by atoms with Crippen LogP contribution in [0.15, 0.2) is 47.9 Å². The third-order valence-electron chi connectivity index (χ3n) is 3.84. The number of nitrogens with zero attached hydrogens (tertiary/aromatic N) is 2. The summed E-state index contributed by atoms with van der Waals surface area (Å²) >= 11 is 0. The largest absolute Gasteiger partial charge is 0.303 e. The number of aldehydes is 1. The standard InChI is InChI=1S/C20H30N2O5/c1-2-3-4-9-14-19(21(24)25)16-11-12-17-20(22(26)27)15-10-7-5-6-8-13-18-23/h3-4,11-12,14-15,18H,2,5-10,13,16-17H2,1H3/b4-3-,12-11-,19-14+,20-15+. The highest BCUT2D eigenvalue weighted by atomic mass is 16.6. The van der Waals surface area contributed by atoms with Gasteiger partial charge < -0.3 is 4.79 Å². The average molecular weight is 378 g/mol. The first-order valence-corrected chi connectivity index (χ1v) is 9.43. The third-order valence-corrected chi connectivity index (χ3v) is 3.84. The number of carbonyl (C=O) groups is 1. The summed E-state index contributed by atoms with van der Waals surface area (Å²) in [7, 11) is 0. The molecule has 7 heteroatoms. The van der Waals surface area contributed by atoms with Gasteiger partial charge in [-0.05, 0) is 44.3 Å². The minimum Gasteiger partial charge on any atom is -0.303 e. The van der Waals surface area contributed by atoms with Gasteiger partial charge in [0.05, 0.1) is 22.7 Å². The van der Waals surface area contributed by atoms with Gasteiger partial charge in [0, 0.05) is 6.42 Å². The number of rotatable bonds is 16. The molecule has 0 radical (unpaired) electrons. The summed E-state index contributed by atoms with van der Waals surface area (Å²) in [5, 5.41) is 22.1. The van der Waals surface area contributed by atoms with Crippen molar-refractivity contribution < 1.29 is 14.6 Å². The molecule has 0 aliphatic rings. The van der Waals surface area contributed by atoms with Gasteiger partial charge in [-0.1, -0.05) is 44.1 Å². The summed E-state index contributed by atoms with van der Waals surface area (Å²) in [6.07, 6.45) is 17.6. The van der Waals surface area contributed by atoms with Crippen LogP contribution in [-0.4, -0.2) is 16.1 Å². The second-order valence-corrected chi connectivity index (χ2v) is 6.06. The van der Waals surface area contributed by atoms with Crippen molar-refractivity contribution in [2.24, 2.45) is 0 Å². The zero-order valence-electron chi connectivity index (χ0n) is 16.0. The first-order valence-electron chi connectivity index (χ1n) is 9.43. The van der Waals surface area contributed by atoms with Crippen LogP contribution in [0, 0.1) is 20.2 Å². The molecule has 0 spiro atoms. The Morgan fingerprint density at radius 3 is 1.85 bits per heavy atom. The number of allylic oxidation sites excluding steroid dienone is 6. The summed E-state index contributed by atoms with van der Waals surface area (Å²) in [5.41, 5.74) is 0.200. The second-order valence-electron chi connectivity index (χ2n) is 6.06. The van der Waals surface area contributed by atoms with Crippen molar-refractivity contribution >= 4 is 6.29 Å². The maximum Gasteiger partial charge on any atom is 0.246 e. The van der Waals surface area contributed by atoms with Gasteiger partial charge in [0.2, 0.25) is 11.4 Å². The molecule has 0 aliphatic heterocycles. The second kappa shape index (κ2) is 16.9. The van der Waals surface area contributed by atoms with E-state index in [9.17, 15) is 25.0 Å². The molecule has 0 bridgehead atoms. The van der Waals surface area contributed by atoms with E-state index in [1.54, 1.807) is 24.3 Å². The molecule has 0 rings (SSSR count). The fraction of sp³-hybridized carbons (Fsp3) is 0.550. The van der Waals surface area contributed by atoms with Gasteiger partial charge in [0.1, 0.15) is 6.29 Å². The average Bonchev–Trinajstić information content (AvgIpc) is 2.63. The van der Waals surface area contributed by atoms with Crippen molar-refractivity contribution in [3.8, 4) is 0 Å². The highest BCUT2D eigenvalue weighted by Crippen LogP contribution is 2.12. The molecule has 0 heterocycles. The van der Waals surface area contributed by atoms with E-state index < -0.39 is 9.85 Å². The number of unbranched alkanes of at least 4 members (excludes halogenated alkanes) is 5. The zero-order valence-corrected chi connectivity index (χ0v) is 16.0. The minimum atomic E-state index is -0.418. The Bertz CT molecular complexity index is 577. The van der Waals surface area contributed by atoms with Crippen LogP contribution in [0.5, 0.6) is 0 Å². The molecule has 0 fully saturated rings. The number of hydrogen-bond acceptors (Lipinski definition) is 5. The molecule has 0 saturated heterocycles. The molecule has 0 saturated carbocycles. The van der Waals surface area contributed by atoms with E-state index in [1.165, 1.54) is 0 Å². The summed E-state index contributed by atoms with van der Waals surface area (Å²) in [4.78, 5) is 31.5. The first kappa shape index (κ1) is 24.4. The van der Waals surface area contributed by atoms with Crippen LogP contribution in [0.25, 0.3) is 0 Å². The van der Waals surface area contributed by atoms with Gasteiger partial charge >= 0.3 is 0 Å².